The van der Waals surface area contributed by atoms with E-state index in [9.17, 15) is 9.90 Å². The Morgan fingerprint density at radius 3 is 2.50 bits per heavy atom. The molecule has 0 bridgehead atoms. The van der Waals surface area contributed by atoms with Crippen LogP contribution in [0.5, 0.6) is 0 Å². The first-order valence-electron chi connectivity index (χ1n) is 7.84. The fourth-order valence-electron chi connectivity index (χ4n) is 2.96. The van der Waals surface area contributed by atoms with Crippen LogP contribution in [0.1, 0.15) is 23.5 Å². The highest BCUT2D eigenvalue weighted by Gasteiger charge is 2.36. The third-order valence-electron chi connectivity index (χ3n) is 4.03. The van der Waals surface area contributed by atoms with Gasteiger partial charge in [0.15, 0.2) is 0 Å². The van der Waals surface area contributed by atoms with Crippen LogP contribution in [0.25, 0.3) is 0 Å². The maximum atomic E-state index is 12.4. The molecule has 1 N–H and O–H groups in total. The number of β-amino-alcohol motifs (C(OH)–C–C–N with tert-alkyl or cyclic N) is 1. The van der Waals surface area contributed by atoms with Crippen molar-refractivity contribution in [3.63, 3.8) is 0 Å². The standard InChI is InChI=1S/C16H20N6O2/c1-21(14(23)13-17-6-3-7-18-13)11-16(24)5-2-10-22(12-16)15-19-8-4-9-20-15/h3-4,6-9,24H,2,5,10-12H2,1H3. The lowest BCUT2D eigenvalue weighted by molar-refractivity contribution is -0.000599. The van der Waals surface area contributed by atoms with Crippen LogP contribution in [-0.2, 0) is 0 Å². The van der Waals surface area contributed by atoms with Crippen molar-refractivity contribution in [1.82, 2.24) is 24.8 Å². The molecule has 1 fully saturated rings. The number of amides is 1. The zero-order chi connectivity index (χ0) is 17.0. The molecule has 0 aliphatic carbocycles. The summed E-state index contributed by atoms with van der Waals surface area (Å²) in [4.78, 5) is 32.2. The Labute approximate surface area is 140 Å². The molecule has 1 aliphatic heterocycles. The van der Waals surface area contributed by atoms with E-state index in [1.807, 2.05) is 4.90 Å². The number of carbonyl (C=O) groups is 1. The summed E-state index contributed by atoms with van der Waals surface area (Å²) >= 11 is 0. The highest BCUT2D eigenvalue weighted by Crippen LogP contribution is 2.24. The molecule has 0 saturated carbocycles. The number of hydrogen-bond acceptors (Lipinski definition) is 7. The van der Waals surface area contributed by atoms with E-state index >= 15 is 0 Å². The number of rotatable bonds is 4. The average molecular weight is 328 g/mol. The van der Waals surface area contributed by atoms with Gasteiger partial charge in [-0.25, -0.2) is 19.9 Å². The van der Waals surface area contributed by atoms with E-state index in [-0.39, 0.29) is 18.3 Å². The van der Waals surface area contributed by atoms with Gasteiger partial charge in [-0.3, -0.25) is 4.79 Å². The second-order valence-electron chi connectivity index (χ2n) is 6.03. The Kier molecular flexibility index (Phi) is 4.66. The average Bonchev–Trinajstić information content (AvgIpc) is 2.62. The molecule has 1 atom stereocenters. The first-order valence-corrected chi connectivity index (χ1v) is 7.84. The summed E-state index contributed by atoms with van der Waals surface area (Å²) in [5.41, 5.74) is -1.02. The number of aliphatic hydroxyl groups is 1. The van der Waals surface area contributed by atoms with Crippen molar-refractivity contribution in [3.05, 3.63) is 42.7 Å². The summed E-state index contributed by atoms with van der Waals surface area (Å²) in [6.45, 7) is 1.36. The van der Waals surface area contributed by atoms with Crippen molar-refractivity contribution in [2.24, 2.45) is 0 Å². The van der Waals surface area contributed by atoms with Gasteiger partial charge in [-0.2, -0.15) is 0 Å². The smallest absolute Gasteiger partial charge is 0.291 e. The molecule has 126 valence electrons. The van der Waals surface area contributed by atoms with Crippen LogP contribution < -0.4 is 4.90 Å². The van der Waals surface area contributed by atoms with Crippen molar-refractivity contribution in [1.29, 1.82) is 0 Å². The van der Waals surface area contributed by atoms with E-state index in [0.717, 1.165) is 13.0 Å². The number of aromatic nitrogens is 4. The number of piperidine rings is 1. The van der Waals surface area contributed by atoms with Gasteiger partial charge in [0.25, 0.3) is 5.91 Å². The number of nitrogens with zero attached hydrogens (tertiary/aromatic N) is 6. The largest absolute Gasteiger partial charge is 0.386 e. The number of carbonyl (C=O) groups excluding carboxylic acids is 1. The van der Waals surface area contributed by atoms with Gasteiger partial charge in [-0.1, -0.05) is 0 Å². The molecule has 1 saturated heterocycles. The van der Waals surface area contributed by atoms with Crippen LogP contribution in [0.3, 0.4) is 0 Å². The Morgan fingerprint density at radius 2 is 1.83 bits per heavy atom. The van der Waals surface area contributed by atoms with Crippen LogP contribution in [-0.4, -0.2) is 68.1 Å². The van der Waals surface area contributed by atoms with Crippen LogP contribution in [0.15, 0.2) is 36.9 Å². The SMILES string of the molecule is CN(CC1(O)CCCN(c2ncccn2)C1)C(=O)c1ncccn1. The van der Waals surface area contributed by atoms with Crippen molar-refractivity contribution < 1.29 is 9.90 Å². The molecular formula is C16H20N6O2. The van der Waals surface area contributed by atoms with Crippen LogP contribution in [0.2, 0.25) is 0 Å². The van der Waals surface area contributed by atoms with Gasteiger partial charge in [0.2, 0.25) is 11.8 Å². The highest BCUT2D eigenvalue weighted by atomic mass is 16.3. The van der Waals surface area contributed by atoms with Crippen LogP contribution >= 0.6 is 0 Å². The summed E-state index contributed by atoms with van der Waals surface area (Å²) in [5, 5.41) is 10.9. The van der Waals surface area contributed by atoms with E-state index in [2.05, 4.69) is 19.9 Å². The fraction of sp³-hybridized carbons (Fsp3) is 0.438. The monoisotopic (exact) mass is 328 g/mol. The first-order chi connectivity index (χ1) is 11.6. The molecule has 1 amide bonds. The lowest BCUT2D eigenvalue weighted by atomic mass is 9.92. The predicted octanol–water partition coefficient (Wildman–Crippen LogP) is 0.370. The maximum absolute atomic E-state index is 12.4. The molecule has 2 aromatic heterocycles. The molecule has 0 radical (unpaired) electrons. The maximum Gasteiger partial charge on any atom is 0.291 e. The summed E-state index contributed by atoms with van der Waals surface area (Å²) in [6, 6.07) is 3.41. The second-order valence-corrected chi connectivity index (χ2v) is 6.03. The lowest BCUT2D eigenvalue weighted by Crippen LogP contribution is -2.55. The lowest BCUT2D eigenvalue weighted by Gasteiger charge is -2.40. The van der Waals surface area contributed by atoms with Gasteiger partial charge in [0.05, 0.1) is 18.7 Å². The first kappa shape index (κ1) is 16.3. The molecule has 0 spiro atoms. The molecule has 1 aliphatic rings. The minimum atomic E-state index is -1.02. The number of anilines is 1. The Morgan fingerprint density at radius 1 is 1.21 bits per heavy atom. The van der Waals surface area contributed by atoms with Gasteiger partial charge in [-0.15, -0.1) is 0 Å². The van der Waals surface area contributed by atoms with E-state index in [0.29, 0.717) is 18.9 Å². The summed E-state index contributed by atoms with van der Waals surface area (Å²) < 4.78 is 0. The van der Waals surface area contributed by atoms with E-state index in [1.165, 1.54) is 17.3 Å². The quantitative estimate of drug-likeness (QED) is 0.866. The van der Waals surface area contributed by atoms with Crippen molar-refractivity contribution in [2.45, 2.75) is 18.4 Å². The predicted molar refractivity (Wildman–Crippen MR) is 87.4 cm³/mol. The van der Waals surface area contributed by atoms with Crippen molar-refractivity contribution in [3.8, 4) is 0 Å². The summed E-state index contributed by atoms with van der Waals surface area (Å²) in [7, 11) is 1.65. The molecular weight excluding hydrogens is 308 g/mol. The highest BCUT2D eigenvalue weighted by molar-refractivity contribution is 5.90. The van der Waals surface area contributed by atoms with Crippen molar-refractivity contribution >= 4 is 11.9 Å². The summed E-state index contributed by atoms with van der Waals surface area (Å²) in [6.07, 6.45) is 7.83. The van der Waals surface area contributed by atoms with Crippen LogP contribution in [0.4, 0.5) is 5.95 Å². The molecule has 8 nitrogen and oxygen atoms in total. The van der Waals surface area contributed by atoms with Gasteiger partial charge < -0.3 is 14.9 Å². The number of hydrogen-bond donors (Lipinski definition) is 1. The second kappa shape index (κ2) is 6.88. The Hall–Kier alpha value is -2.61. The van der Waals surface area contributed by atoms with Gasteiger partial charge in [-0.05, 0) is 25.0 Å². The van der Waals surface area contributed by atoms with E-state index in [4.69, 9.17) is 0 Å². The fourth-order valence-corrected chi connectivity index (χ4v) is 2.96. The normalized spacial score (nSPS) is 20.7. The van der Waals surface area contributed by atoms with Gasteiger partial charge in [0.1, 0.15) is 0 Å². The molecule has 0 aromatic carbocycles. The zero-order valence-corrected chi connectivity index (χ0v) is 13.5. The Bertz CT molecular complexity index is 683. The van der Waals surface area contributed by atoms with E-state index < -0.39 is 5.60 Å². The van der Waals surface area contributed by atoms with E-state index in [1.54, 1.807) is 31.6 Å². The molecule has 1 unspecified atom stereocenters. The van der Waals surface area contributed by atoms with Crippen molar-refractivity contribution in [2.75, 3.05) is 31.6 Å². The Balaban J connectivity index is 1.68. The van der Waals surface area contributed by atoms with Gasteiger partial charge in [0, 0.05) is 38.4 Å². The molecule has 2 aromatic rings. The summed E-state index contributed by atoms with van der Waals surface area (Å²) in [5.74, 6) is 0.413. The third-order valence-corrected chi connectivity index (χ3v) is 4.03. The topological polar surface area (TPSA) is 95.3 Å². The van der Waals surface area contributed by atoms with Crippen LogP contribution in [0, 0.1) is 0 Å². The minimum Gasteiger partial charge on any atom is -0.386 e. The molecule has 3 rings (SSSR count). The molecule has 8 heteroatoms. The van der Waals surface area contributed by atoms with Gasteiger partial charge >= 0.3 is 0 Å². The molecule has 24 heavy (non-hydrogen) atoms. The number of likely N-dealkylation sites (N-methyl/N-ethyl adjacent to an activating group) is 1. The zero-order valence-electron chi connectivity index (χ0n) is 13.5. The minimum absolute atomic E-state index is 0.127. The third kappa shape index (κ3) is 3.65. The molecule has 3 heterocycles.